The van der Waals surface area contributed by atoms with Crippen molar-refractivity contribution >= 4 is 35.1 Å². The van der Waals surface area contributed by atoms with Gasteiger partial charge in [0.05, 0.1) is 21.5 Å². The van der Waals surface area contributed by atoms with Crippen molar-refractivity contribution < 1.29 is 33.6 Å². The van der Waals surface area contributed by atoms with Gasteiger partial charge in [-0.2, -0.15) is 0 Å². The molecule has 1 saturated heterocycles. The Bertz CT molecular complexity index is 1770. The Morgan fingerprint density at radius 1 is 0.815 bits per heavy atom. The molecule has 1 atom stereocenters. The molecule has 1 saturated carbocycles. The minimum absolute atomic E-state index is 0.0683. The number of halogens is 2. The summed E-state index contributed by atoms with van der Waals surface area (Å²) in [5.74, 6) is 1.48. The van der Waals surface area contributed by atoms with Gasteiger partial charge in [0.15, 0.2) is 5.75 Å². The summed E-state index contributed by atoms with van der Waals surface area (Å²) in [4.78, 5) is 26.5. The monoisotopic (exact) mass is 776 g/mol. The summed E-state index contributed by atoms with van der Waals surface area (Å²) in [7, 11) is 1.71. The number of methoxy groups -OCH3 is 1. The highest BCUT2D eigenvalue weighted by atomic mass is 35.5. The first-order valence-corrected chi connectivity index (χ1v) is 19.3. The number of nitrogens with one attached hydrogen (secondary N) is 1. The molecule has 4 aromatic carbocycles. The van der Waals surface area contributed by atoms with Crippen LogP contribution in [0.3, 0.4) is 0 Å². The van der Waals surface area contributed by atoms with Crippen molar-refractivity contribution in [1.29, 1.82) is 0 Å². The molecule has 6 rings (SSSR count). The number of amides is 1. The molecule has 0 radical (unpaired) electrons. The highest BCUT2D eigenvalue weighted by Crippen LogP contribution is 2.34. The first-order valence-electron chi connectivity index (χ1n) is 18.5. The lowest BCUT2D eigenvalue weighted by Gasteiger charge is -2.30. The molecule has 288 valence electrons. The molecular formula is C43H50Cl2N2O7. The van der Waals surface area contributed by atoms with Gasteiger partial charge < -0.3 is 34.3 Å². The van der Waals surface area contributed by atoms with Crippen molar-refractivity contribution in [3.05, 3.63) is 123 Å². The number of carboxylic acids is 1. The van der Waals surface area contributed by atoms with Crippen LogP contribution in [0.1, 0.15) is 64.7 Å². The highest BCUT2D eigenvalue weighted by molar-refractivity contribution is 6.37. The average Bonchev–Trinajstić information content (AvgIpc) is 4.02. The second kappa shape index (κ2) is 21.0. The van der Waals surface area contributed by atoms with E-state index in [9.17, 15) is 9.59 Å². The Kier molecular flexibility index (Phi) is 15.9. The maximum Gasteiger partial charge on any atom is 0.335 e. The minimum atomic E-state index is -0.940. The van der Waals surface area contributed by atoms with Crippen LogP contribution < -0.4 is 19.5 Å². The summed E-state index contributed by atoms with van der Waals surface area (Å²) in [6.07, 6.45) is 5.95. The summed E-state index contributed by atoms with van der Waals surface area (Å²) in [5.41, 5.74) is 4.41. The smallest absolute Gasteiger partial charge is 0.335 e. The van der Waals surface area contributed by atoms with E-state index in [1.165, 1.54) is 5.56 Å². The zero-order valence-corrected chi connectivity index (χ0v) is 32.5. The SMILES string of the molecule is COCCCc1cc(CN(C(=O)[C@@H]2CCCNC2)C2CC2)cc(OCc2ccc(C(=O)O)cc2)c1.Cc1cc(Cl)c(OCCOc2ccccc2)c(Cl)c1. The van der Waals surface area contributed by atoms with E-state index in [0.29, 0.717) is 54.8 Å². The molecule has 9 nitrogen and oxygen atoms in total. The van der Waals surface area contributed by atoms with Crippen LogP contribution in [0.15, 0.2) is 84.9 Å². The van der Waals surface area contributed by atoms with E-state index in [-0.39, 0.29) is 17.4 Å². The van der Waals surface area contributed by atoms with Crippen molar-refractivity contribution in [2.45, 2.75) is 64.6 Å². The second-order valence-corrected chi connectivity index (χ2v) is 14.5. The number of ether oxygens (including phenoxy) is 4. The maximum atomic E-state index is 13.3. The van der Waals surface area contributed by atoms with Crippen LogP contribution in [0.2, 0.25) is 10.0 Å². The fraction of sp³-hybridized carbons (Fsp3) is 0.395. The maximum absolute atomic E-state index is 13.3. The molecule has 54 heavy (non-hydrogen) atoms. The molecule has 1 amide bonds. The fourth-order valence-electron chi connectivity index (χ4n) is 6.29. The molecular weight excluding hydrogens is 727 g/mol. The van der Waals surface area contributed by atoms with E-state index in [1.807, 2.05) is 55.5 Å². The normalized spacial score (nSPS) is 15.1. The molecule has 1 aliphatic carbocycles. The van der Waals surface area contributed by atoms with E-state index in [1.54, 1.807) is 31.4 Å². The van der Waals surface area contributed by atoms with Gasteiger partial charge in [-0.1, -0.05) is 59.6 Å². The van der Waals surface area contributed by atoms with Crippen LogP contribution in [0.5, 0.6) is 17.2 Å². The number of piperidine rings is 1. The van der Waals surface area contributed by atoms with Crippen molar-refractivity contribution in [1.82, 2.24) is 10.2 Å². The standard InChI is InChI=1S/C28H36N2O5.C15H14Cl2O2/c1-34-13-3-4-21-14-22(18-30(25-10-11-25)27(31)24-5-2-12-29-17-24)16-26(15-21)35-19-20-6-8-23(9-7-20)28(32)33;1-11-9-13(16)15(14(17)10-11)19-8-7-18-12-5-3-2-4-6-12/h6-9,14-16,24-25,29H,2-5,10-13,17-19H2,1H3,(H,32,33);2-6,9-10H,7-8H2,1H3/t24-;/m1./s1. The molecule has 0 spiro atoms. The van der Waals surface area contributed by atoms with E-state index >= 15 is 0 Å². The van der Waals surface area contributed by atoms with Gasteiger partial charge in [-0.25, -0.2) is 4.79 Å². The van der Waals surface area contributed by atoms with E-state index in [0.717, 1.165) is 79.8 Å². The Morgan fingerprint density at radius 3 is 2.17 bits per heavy atom. The van der Waals surface area contributed by atoms with Crippen LogP contribution in [0.25, 0.3) is 0 Å². The van der Waals surface area contributed by atoms with Crippen molar-refractivity contribution in [3.63, 3.8) is 0 Å². The molecule has 0 aromatic heterocycles. The van der Waals surface area contributed by atoms with Crippen LogP contribution in [0, 0.1) is 12.8 Å². The van der Waals surface area contributed by atoms with Crippen LogP contribution in [-0.4, -0.2) is 67.9 Å². The Hall–Kier alpha value is -4.28. The summed E-state index contributed by atoms with van der Waals surface area (Å²) < 4.78 is 22.4. The van der Waals surface area contributed by atoms with Gasteiger partial charge >= 0.3 is 5.97 Å². The van der Waals surface area contributed by atoms with Crippen LogP contribution >= 0.6 is 23.2 Å². The molecule has 11 heteroatoms. The number of carbonyl (C=O) groups is 2. The van der Waals surface area contributed by atoms with Gasteiger partial charge in [0.25, 0.3) is 0 Å². The van der Waals surface area contributed by atoms with E-state index < -0.39 is 5.97 Å². The molecule has 4 aromatic rings. The number of hydrogen-bond acceptors (Lipinski definition) is 7. The number of hydrogen-bond donors (Lipinski definition) is 2. The number of aromatic carboxylic acids is 1. The number of nitrogens with zero attached hydrogens (tertiary/aromatic N) is 1. The summed E-state index contributed by atoms with van der Waals surface area (Å²) in [5, 5.41) is 13.5. The molecule has 0 bridgehead atoms. The van der Waals surface area contributed by atoms with E-state index in [4.69, 9.17) is 47.3 Å². The topological polar surface area (TPSA) is 107 Å². The third-order valence-corrected chi connectivity index (χ3v) is 9.76. The lowest BCUT2D eigenvalue weighted by atomic mass is 9.97. The van der Waals surface area contributed by atoms with Crippen LogP contribution in [-0.2, 0) is 29.1 Å². The van der Waals surface area contributed by atoms with Gasteiger partial charge in [-0.15, -0.1) is 0 Å². The molecule has 1 heterocycles. The number of aryl methyl sites for hydroxylation is 2. The van der Waals surface area contributed by atoms with Gasteiger partial charge in [-0.05, 0) is 123 Å². The average molecular weight is 778 g/mol. The molecule has 2 aliphatic rings. The first kappa shape index (κ1) is 40.9. The minimum Gasteiger partial charge on any atom is -0.490 e. The van der Waals surface area contributed by atoms with Crippen molar-refractivity contribution in [2.75, 3.05) is 40.0 Å². The Balaban J connectivity index is 0.000000249. The van der Waals surface area contributed by atoms with Crippen LogP contribution in [0.4, 0.5) is 0 Å². The molecule has 2 N–H and O–H groups in total. The molecule has 1 aliphatic heterocycles. The number of carbonyl (C=O) groups excluding carboxylic acids is 1. The lowest BCUT2D eigenvalue weighted by molar-refractivity contribution is -0.137. The van der Waals surface area contributed by atoms with Gasteiger partial charge in [0.1, 0.15) is 31.3 Å². The summed E-state index contributed by atoms with van der Waals surface area (Å²) >= 11 is 12.2. The molecule has 2 fully saturated rings. The predicted octanol–water partition coefficient (Wildman–Crippen LogP) is 8.79. The molecule has 0 unspecified atom stereocenters. The highest BCUT2D eigenvalue weighted by Gasteiger charge is 2.36. The number of carboxylic acid groups (broad SMARTS) is 1. The summed E-state index contributed by atoms with van der Waals surface area (Å²) in [6.45, 7) is 6.16. The zero-order valence-electron chi connectivity index (χ0n) is 31.0. The van der Waals surface area contributed by atoms with E-state index in [2.05, 4.69) is 22.3 Å². The predicted molar refractivity (Wildman–Crippen MR) is 212 cm³/mol. The quantitative estimate of drug-likeness (QED) is 0.103. The number of benzene rings is 4. The second-order valence-electron chi connectivity index (χ2n) is 13.7. The van der Waals surface area contributed by atoms with Gasteiger partial charge in [-0.3, -0.25) is 4.79 Å². The first-order chi connectivity index (χ1) is 26.2. The van der Waals surface area contributed by atoms with Gasteiger partial charge in [0.2, 0.25) is 5.91 Å². The number of rotatable bonds is 17. The third-order valence-electron chi connectivity index (χ3n) is 9.20. The Morgan fingerprint density at radius 2 is 1.52 bits per heavy atom. The van der Waals surface area contributed by atoms with Gasteiger partial charge in [0, 0.05) is 32.8 Å². The van der Waals surface area contributed by atoms with Crippen molar-refractivity contribution in [3.8, 4) is 17.2 Å². The fourth-order valence-corrected chi connectivity index (χ4v) is 7.00. The van der Waals surface area contributed by atoms with Crippen molar-refractivity contribution in [2.24, 2.45) is 5.92 Å². The lowest BCUT2D eigenvalue weighted by Crippen LogP contribution is -2.43. The summed E-state index contributed by atoms with van der Waals surface area (Å²) in [6, 6.07) is 26.6. The number of para-hydroxylation sites is 1. The zero-order chi connectivity index (χ0) is 38.3. The third kappa shape index (κ3) is 12.9. The largest absolute Gasteiger partial charge is 0.490 e. The Labute approximate surface area is 328 Å².